The molecule has 9 nitrogen and oxygen atoms in total. The summed E-state index contributed by atoms with van der Waals surface area (Å²) in [5.74, 6) is 0.104. The van der Waals surface area contributed by atoms with Gasteiger partial charge in [-0.25, -0.2) is 4.98 Å². The molecule has 2 aromatic rings. The molecule has 0 atom stereocenters. The quantitative estimate of drug-likeness (QED) is 0.589. The summed E-state index contributed by atoms with van der Waals surface area (Å²) in [7, 11) is 1.63. The number of nitrogens with zero attached hydrogens (tertiary/aromatic N) is 5. The molecule has 24 heavy (non-hydrogen) atoms. The molecule has 0 aromatic carbocycles. The number of carbonyl (C=O) groups is 1. The van der Waals surface area contributed by atoms with Gasteiger partial charge in [-0.05, 0) is 18.6 Å². The molecule has 0 saturated carbocycles. The fraction of sp³-hybridized carbons (Fsp3) is 0.400. The Morgan fingerprint density at radius 2 is 2.17 bits per heavy atom. The maximum Gasteiger partial charge on any atom is 0.376 e. The van der Waals surface area contributed by atoms with Crippen molar-refractivity contribution in [3.05, 3.63) is 44.9 Å². The van der Waals surface area contributed by atoms with Gasteiger partial charge in [-0.2, -0.15) is 0 Å². The van der Waals surface area contributed by atoms with Gasteiger partial charge in [0.2, 0.25) is 11.7 Å². The number of pyridine rings is 1. The Labute approximate surface area is 137 Å². The van der Waals surface area contributed by atoms with Gasteiger partial charge in [0.1, 0.15) is 5.65 Å². The minimum absolute atomic E-state index is 0.0165. The summed E-state index contributed by atoms with van der Waals surface area (Å²) in [6.45, 7) is 1.51. The van der Waals surface area contributed by atoms with Crippen molar-refractivity contribution in [1.82, 2.24) is 14.3 Å². The summed E-state index contributed by atoms with van der Waals surface area (Å²) in [5.41, 5.74) is -0.939. The molecule has 3 heterocycles. The van der Waals surface area contributed by atoms with Crippen molar-refractivity contribution in [1.29, 1.82) is 0 Å². The SMILES string of the molecule is CN(CCN1CCCC1=O)c1nc2ccccn2c(=O)c1[N+](=O)[O-]. The molecular weight excluding hydrogens is 314 g/mol. The van der Waals surface area contributed by atoms with Gasteiger partial charge in [0.05, 0.1) is 4.92 Å². The Morgan fingerprint density at radius 1 is 1.38 bits per heavy atom. The van der Waals surface area contributed by atoms with Crippen LogP contribution >= 0.6 is 0 Å². The minimum atomic E-state index is -0.718. The van der Waals surface area contributed by atoms with Crippen LogP contribution < -0.4 is 10.5 Å². The lowest BCUT2D eigenvalue weighted by molar-refractivity contribution is -0.385. The summed E-state index contributed by atoms with van der Waals surface area (Å²) in [6.07, 6.45) is 2.82. The van der Waals surface area contributed by atoms with Crippen molar-refractivity contribution >= 4 is 23.1 Å². The summed E-state index contributed by atoms with van der Waals surface area (Å²) in [4.78, 5) is 42.3. The first-order valence-electron chi connectivity index (χ1n) is 7.63. The minimum Gasteiger partial charge on any atom is -0.352 e. The molecule has 126 valence electrons. The lowest BCUT2D eigenvalue weighted by atomic mass is 10.3. The first kappa shape index (κ1) is 15.9. The van der Waals surface area contributed by atoms with Crippen molar-refractivity contribution in [2.75, 3.05) is 31.6 Å². The third-order valence-corrected chi connectivity index (χ3v) is 4.11. The number of likely N-dealkylation sites (N-methyl/N-ethyl adjacent to an activating group) is 1. The van der Waals surface area contributed by atoms with E-state index in [1.807, 2.05) is 0 Å². The molecule has 0 spiro atoms. The zero-order chi connectivity index (χ0) is 17.3. The van der Waals surface area contributed by atoms with Crippen LogP contribution in [0.4, 0.5) is 11.5 Å². The first-order valence-corrected chi connectivity index (χ1v) is 7.63. The number of anilines is 1. The molecule has 2 aromatic heterocycles. The van der Waals surface area contributed by atoms with E-state index in [4.69, 9.17) is 0 Å². The van der Waals surface area contributed by atoms with E-state index >= 15 is 0 Å². The van der Waals surface area contributed by atoms with E-state index in [0.717, 1.165) is 10.8 Å². The number of fused-ring (bicyclic) bond motifs is 1. The van der Waals surface area contributed by atoms with Gasteiger partial charge in [0, 0.05) is 39.3 Å². The van der Waals surface area contributed by atoms with Crippen molar-refractivity contribution in [2.45, 2.75) is 12.8 Å². The molecule has 0 radical (unpaired) electrons. The highest BCUT2D eigenvalue weighted by molar-refractivity contribution is 5.78. The van der Waals surface area contributed by atoms with Crippen LogP contribution in [0, 0.1) is 10.1 Å². The molecule has 0 bridgehead atoms. The summed E-state index contributed by atoms with van der Waals surface area (Å²) >= 11 is 0. The molecule has 0 unspecified atom stereocenters. The van der Waals surface area contributed by atoms with Crippen LogP contribution in [0.1, 0.15) is 12.8 Å². The molecular formula is C15H17N5O4. The van der Waals surface area contributed by atoms with Crippen molar-refractivity contribution in [2.24, 2.45) is 0 Å². The standard InChI is InChI=1S/C15H17N5O4/c1-17(9-10-18-7-4-6-12(18)21)14-13(20(23)24)15(22)19-8-3-2-5-11(19)16-14/h2-3,5,8H,4,6-7,9-10H2,1H3. The van der Waals surface area contributed by atoms with Crippen molar-refractivity contribution < 1.29 is 9.72 Å². The average molecular weight is 331 g/mol. The third kappa shape index (κ3) is 2.80. The predicted octanol–water partition coefficient (Wildman–Crippen LogP) is 0.661. The number of hydrogen-bond donors (Lipinski definition) is 0. The van der Waals surface area contributed by atoms with Crippen LogP contribution in [-0.4, -0.2) is 51.8 Å². The number of nitro groups is 1. The summed E-state index contributed by atoms with van der Waals surface area (Å²) in [5, 5.41) is 11.4. The Kier molecular flexibility index (Phi) is 4.15. The second-order valence-electron chi connectivity index (χ2n) is 5.68. The lowest BCUT2D eigenvalue weighted by Gasteiger charge is -2.22. The number of amides is 1. The topological polar surface area (TPSA) is 101 Å². The van der Waals surface area contributed by atoms with Crippen LogP contribution in [0.15, 0.2) is 29.2 Å². The molecule has 1 fully saturated rings. The van der Waals surface area contributed by atoms with Gasteiger partial charge >= 0.3 is 11.2 Å². The molecule has 1 amide bonds. The predicted molar refractivity (Wildman–Crippen MR) is 87.2 cm³/mol. The highest BCUT2D eigenvalue weighted by Crippen LogP contribution is 2.21. The monoisotopic (exact) mass is 331 g/mol. The van der Waals surface area contributed by atoms with Crippen molar-refractivity contribution in [3.63, 3.8) is 0 Å². The Hall–Kier alpha value is -2.97. The van der Waals surface area contributed by atoms with E-state index in [2.05, 4.69) is 4.98 Å². The average Bonchev–Trinajstić information content (AvgIpc) is 2.97. The molecule has 1 saturated heterocycles. The lowest BCUT2D eigenvalue weighted by Crippen LogP contribution is -2.35. The third-order valence-electron chi connectivity index (χ3n) is 4.11. The molecule has 0 aliphatic carbocycles. The van der Waals surface area contributed by atoms with Gasteiger partial charge in [0.15, 0.2) is 0 Å². The second-order valence-corrected chi connectivity index (χ2v) is 5.68. The highest BCUT2D eigenvalue weighted by atomic mass is 16.6. The van der Waals surface area contributed by atoms with Crippen LogP contribution in [0.25, 0.3) is 5.65 Å². The summed E-state index contributed by atoms with van der Waals surface area (Å²) < 4.78 is 1.15. The van der Waals surface area contributed by atoms with Crippen LogP contribution in [0.2, 0.25) is 0 Å². The largest absolute Gasteiger partial charge is 0.376 e. The Bertz CT molecular complexity index is 863. The van der Waals surface area contributed by atoms with Gasteiger partial charge in [-0.15, -0.1) is 0 Å². The first-order chi connectivity index (χ1) is 11.5. The van der Waals surface area contributed by atoms with Crippen molar-refractivity contribution in [3.8, 4) is 0 Å². The second kappa shape index (κ2) is 6.26. The summed E-state index contributed by atoms with van der Waals surface area (Å²) in [6, 6.07) is 4.94. The number of likely N-dealkylation sites (tertiary alicyclic amines) is 1. The van der Waals surface area contributed by atoms with Gasteiger partial charge in [-0.3, -0.25) is 24.1 Å². The molecule has 9 heteroatoms. The number of rotatable bonds is 5. The maximum absolute atomic E-state index is 12.4. The van der Waals surface area contributed by atoms with E-state index in [-0.39, 0.29) is 11.7 Å². The Morgan fingerprint density at radius 3 is 2.83 bits per heavy atom. The van der Waals surface area contributed by atoms with Crippen LogP contribution in [-0.2, 0) is 4.79 Å². The van der Waals surface area contributed by atoms with E-state index in [1.54, 1.807) is 35.0 Å². The van der Waals surface area contributed by atoms with E-state index in [0.29, 0.717) is 31.7 Å². The zero-order valence-corrected chi connectivity index (χ0v) is 13.2. The maximum atomic E-state index is 12.4. The molecule has 1 aliphatic rings. The van der Waals surface area contributed by atoms with Crippen LogP contribution in [0.5, 0.6) is 0 Å². The highest BCUT2D eigenvalue weighted by Gasteiger charge is 2.27. The smallest absolute Gasteiger partial charge is 0.352 e. The van der Waals surface area contributed by atoms with Gasteiger partial charge in [0.25, 0.3) is 0 Å². The zero-order valence-electron chi connectivity index (χ0n) is 13.2. The Balaban J connectivity index is 1.94. The molecule has 1 aliphatic heterocycles. The van der Waals surface area contributed by atoms with Gasteiger partial charge in [-0.1, -0.05) is 6.07 Å². The van der Waals surface area contributed by atoms with E-state index in [1.165, 1.54) is 6.20 Å². The van der Waals surface area contributed by atoms with Gasteiger partial charge < -0.3 is 9.80 Å². The normalized spacial score (nSPS) is 14.4. The number of carbonyl (C=O) groups excluding carboxylic acids is 1. The van der Waals surface area contributed by atoms with Crippen LogP contribution in [0.3, 0.4) is 0 Å². The number of hydrogen-bond acceptors (Lipinski definition) is 6. The molecule has 3 rings (SSSR count). The fourth-order valence-electron chi connectivity index (χ4n) is 2.81. The van der Waals surface area contributed by atoms with E-state index < -0.39 is 16.2 Å². The fourth-order valence-corrected chi connectivity index (χ4v) is 2.81. The number of aromatic nitrogens is 2. The van der Waals surface area contributed by atoms with E-state index in [9.17, 15) is 19.7 Å². The molecule has 0 N–H and O–H groups in total.